The van der Waals surface area contributed by atoms with Crippen LogP contribution < -0.4 is 15.8 Å². The maximum atomic E-state index is 5.75. The van der Waals surface area contributed by atoms with Crippen molar-refractivity contribution in [3.05, 3.63) is 12.4 Å². The molecule has 1 aliphatic carbocycles. The second-order valence-electron chi connectivity index (χ2n) is 4.79. The summed E-state index contributed by atoms with van der Waals surface area (Å²) in [6, 6.07) is 0.457. The van der Waals surface area contributed by atoms with Gasteiger partial charge in [0.25, 0.3) is 0 Å². The van der Waals surface area contributed by atoms with Crippen molar-refractivity contribution >= 4 is 5.82 Å². The molecule has 1 saturated carbocycles. The molecule has 1 aliphatic rings. The van der Waals surface area contributed by atoms with E-state index in [0.717, 1.165) is 18.8 Å². The van der Waals surface area contributed by atoms with Gasteiger partial charge in [0.05, 0.1) is 19.0 Å². The average Bonchev–Trinajstić information content (AvgIpc) is 2.40. The van der Waals surface area contributed by atoms with E-state index in [4.69, 9.17) is 10.5 Å². The smallest absolute Gasteiger partial charge is 0.234 e. The van der Waals surface area contributed by atoms with Crippen LogP contribution in [0.1, 0.15) is 32.6 Å². The second kappa shape index (κ2) is 6.54. The van der Waals surface area contributed by atoms with Gasteiger partial charge in [0.1, 0.15) is 5.82 Å². The highest BCUT2D eigenvalue weighted by Crippen LogP contribution is 2.25. The predicted octanol–water partition coefficient (Wildman–Crippen LogP) is 1.80. The van der Waals surface area contributed by atoms with Crippen molar-refractivity contribution in [3.63, 3.8) is 0 Å². The molecule has 3 N–H and O–H groups in total. The monoisotopic (exact) mass is 250 g/mol. The van der Waals surface area contributed by atoms with Gasteiger partial charge < -0.3 is 15.8 Å². The van der Waals surface area contributed by atoms with Crippen molar-refractivity contribution in [1.82, 2.24) is 9.97 Å². The van der Waals surface area contributed by atoms with Gasteiger partial charge in [-0.05, 0) is 38.6 Å². The Bertz CT molecular complexity index is 372. The van der Waals surface area contributed by atoms with Gasteiger partial charge in [0, 0.05) is 6.04 Å². The van der Waals surface area contributed by atoms with Gasteiger partial charge in [0.15, 0.2) is 0 Å². The van der Waals surface area contributed by atoms with Crippen molar-refractivity contribution in [1.29, 1.82) is 0 Å². The molecule has 1 fully saturated rings. The summed E-state index contributed by atoms with van der Waals surface area (Å²) in [7, 11) is 0. The lowest BCUT2D eigenvalue weighted by molar-refractivity contribution is 0.324. The van der Waals surface area contributed by atoms with Gasteiger partial charge in [-0.2, -0.15) is 4.98 Å². The Labute approximate surface area is 108 Å². The maximum Gasteiger partial charge on any atom is 0.234 e. The standard InChI is InChI=1S/C13H22N4O/c1-2-18-13-9-15-8-12(17-13)16-11-5-3-4-10(6-11)7-14/h8-11H,2-7,14H2,1H3,(H,16,17). The zero-order chi connectivity index (χ0) is 12.8. The summed E-state index contributed by atoms with van der Waals surface area (Å²) in [4.78, 5) is 8.51. The number of nitrogens with zero attached hydrogens (tertiary/aromatic N) is 2. The topological polar surface area (TPSA) is 73.1 Å². The van der Waals surface area contributed by atoms with E-state index in [1.807, 2.05) is 6.92 Å². The zero-order valence-corrected chi connectivity index (χ0v) is 10.9. The number of rotatable bonds is 5. The van der Waals surface area contributed by atoms with Crippen LogP contribution in [0.25, 0.3) is 0 Å². The molecular formula is C13H22N4O. The molecule has 5 nitrogen and oxygen atoms in total. The van der Waals surface area contributed by atoms with E-state index >= 15 is 0 Å². The van der Waals surface area contributed by atoms with E-state index in [2.05, 4.69) is 15.3 Å². The highest BCUT2D eigenvalue weighted by molar-refractivity contribution is 5.34. The van der Waals surface area contributed by atoms with Crippen LogP contribution in [0.5, 0.6) is 5.88 Å². The molecule has 0 aromatic carbocycles. The van der Waals surface area contributed by atoms with E-state index in [1.54, 1.807) is 12.4 Å². The molecule has 0 radical (unpaired) electrons. The summed E-state index contributed by atoms with van der Waals surface area (Å²) in [5.74, 6) is 2.01. The van der Waals surface area contributed by atoms with E-state index in [0.29, 0.717) is 24.4 Å². The van der Waals surface area contributed by atoms with Crippen molar-refractivity contribution in [2.45, 2.75) is 38.6 Å². The number of hydrogen-bond donors (Lipinski definition) is 2. The summed E-state index contributed by atoms with van der Waals surface area (Å²) >= 11 is 0. The van der Waals surface area contributed by atoms with Crippen molar-refractivity contribution in [2.75, 3.05) is 18.5 Å². The molecule has 2 unspecified atom stereocenters. The Kier molecular flexibility index (Phi) is 4.75. The highest BCUT2D eigenvalue weighted by Gasteiger charge is 2.21. The lowest BCUT2D eigenvalue weighted by atomic mass is 9.86. The van der Waals surface area contributed by atoms with Crippen molar-refractivity contribution < 1.29 is 4.74 Å². The van der Waals surface area contributed by atoms with Crippen LogP contribution in [0.2, 0.25) is 0 Å². The molecule has 0 bridgehead atoms. The third-order valence-corrected chi connectivity index (χ3v) is 3.37. The summed E-state index contributed by atoms with van der Waals surface area (Å²) in [6.07, 6.45) is 8.17. The third kappa shape index (κ3) is 3.57. The molecule has 0 spiro atoms. The first kappa shape index (κ1) is 13.1. The van der Waals surface area contributed by atoms with Gasteiger partial charge >= 0.3 is 0 Å². The van der Waals surface area contributed by atoms with Crippen molar-refractivity contribution in [2.24, 2.45) is 11.7 Å². The molecule has 1 heterocycles. The van der Waals surface area contributed by atoms with E-state index < -0.39 is 0 Å². The quantitative estimate of drug-likeness (QED) is 0.833. The number of ether oxygens (including phenoxy) is 1. The van der Waals surface area contributed by atoms with Gasteiger partial charge in [-0.25, -0.2) is 0 Å². The fourth-order valence-electron chi connectivity index (χ4n) is 2.48. The van der Waals surface area contributed by atoms with Gasteiger partial charge in [0.2, 0.25) is 5.88 Å². The Morgan fingerprint density at radius 3 is 3.11 bits per heavy atom. The Morgan fingerprint density at radius 1 is 1.44 bits per heavy atom. The lowest BCUT2D eigenvalue weighted by Crippen LogP contribution is -2.31. The van der Waals surface area contributed by atoms with Gasteiger partial charge in [-0.3, -0.25) is 4.98 Å². The van der Waals surface area contributed by atoms with Gasteiger partial charge in [-0.1, -0.05) is 6.42 Å². The van der Waals surface area contributed by atoms with Crippen molar-refractivity contribution in [3.8, 4) is 5.88 Å². The van der Waals surface area contributed by atoms with Crippen LogP contribution in [0.15, 0.2) is 12.4 Å². The first-order valence-electron chi connectivity index (χ1n) is 6.73. The van der Waals surface area contributed by atoms with Crippen LogP contribution in [-0.4, -0.2) is 29.2 Å². The van der Waals surface area contributed by atoms with E-state index in [9.17, 15) is 0 Å². The van der Waals surface area contributed by atoms with Gasteiger partial charge in [-0.15, -0.1) is 0 Å². The van der Waals surface area contributed by atoms with Crippen LogP contribution in [0, 0.1) is 5.92 Å². The minimum Gasteiger partial charge on any atom is -0.477 e. The fourth-order valence-corrected chi connectivity index (χ4v) is 2.48. The Balaban J connectivity index is 1.93. The number of hydrogen-bond acceptors (Lipinski definition) is 5. The normalized spacial score (nSPS) is 23.7. The first-order chi connectivity index (χ1) is 8.81. The summed E-state index contributed by atoms with van der Waals surface area (Å²) in [6.45, 7) is 3.33. The summed E-state index contributed by atoms with van der Waals surface area (Å²) in [5, 5.41) is 3.43. The molecule has 100 valence electrons. The summed E-state index contributed by atoms with van der Waals surface area (Å²) in [5.41, 5.74) is 5.75. The minimum atomic E-state index is 0.457. The van der Waals surface area contributed by atoms with Crippen LogP contribution in [-0.2, 0) is 0 Å². The largest absolute Gasteiger partial charge is 0.477 e. The molecule has 0 amide bonds. The number of nitrogens with one attached hydrogen (secondary N) is 1. The van der Waals surface area contributed by atoms with E-state index in [-0.39, 0.29) is 0 Å². The highest BCUT2D eigenvalue weighted by atomic mass is 16.5. The third-order valence-electron chi connectivity index (χ3n) is 3.37. The zero-order valence-electron chi connectivity index (χ0n) is 10.9. The Hall–Kier alpha value is -1.36. The maximum absolute atomic E-state index is 5.75. The molecule has 1 aromatic heterocycles. The number of aromatic nitrogens is 2. The molecule has 5 heteroatoms. The van der Waals surface area contributed by atoms with E-state index in [1.165, 1.54) is 19.3 Å². The number of nitrogens with two attached hydrogens (primary N) is 1. The Morgan fingerprint density at radius 2 is 2.33 bits per heavy atom. The average molecular weight is 250 g/mol. The summed E-state index contributed by atoms with van der Waals surface area (Å²) < 4.78 is 5.34. The SMILES string of the molecule is CCOc1cncc(NC2CCCC(CN)C2)n1. The molecule has 2 atom stereocenters. The van der Waals surface area contributed by atoms with Crippen LogP contribution in [0.4, 0.5) is 5.82 Å². The molecule has 0 aliphatic heterocycles. The molecular weight excluding hydrogens is 228 g/mol. The lowest BCUT2D eigenvalue weighted by Gasteiger charge is -2.29. The first-order valence-corrected chi connectivity index (χ1v) is 6.73. The second-order valence-corrected chi connectivity index (χ2v) is 4.79. The van der Waals surface area contributed by atoms with Crippen LogP contribution >= 0.6 is 0 Å². The molecule has 0 saturated heterocycles. The predicted molar refractivity (Wildman–Crippen MR) is 71.6 cm³/mol. The minimum absolute atomic E-state index is 0.457. The molecule has 18 heavy (non-hydrogen) atoms. The number of anilines is 1. The molecule has 2 rings (SSSR count). The fraction of sp³-hybridized carbons (Fsp3) is 0.692. The van der Waals surface area contributed by atoms with Crippen LogP contribution in [0.3, 0.4) is 0 Å². The molecule has 1 aromatic rings.